The van der Waals surface area contributed by atoms with E-state index >= 15 is 0 Å². The van der Waals surface area contributed by atoms with Gasteiger partial charge in [0.1, 0.15) is 0 Å². The third-order valence-corrected chi connectivity index (χ3v) is 1.04. The summed E-state index contributed by atoms with van der Waals surface area (Å²) in [6, 6.07) is 0. The van der Waals surface area contributed by atoms with Gasteiger partial charge in [0.2, 0.25) is 5.91 Å². The molecule has 0 spiro atoms. The van der Waals surface area contributed by atoms with Crippen LogP contribution in [0.5, 0.6) is 0 Å². The van der Waals surface area contributed by atoms with Crippen LogP contribution in [0.15, 0.2) is 0 Å². The van der Waals surface area contributed by atoms with Crippen LogP contribution in [0.25, 0.3) is 0 Å². The van der Waals surface area contributed by atoms with Crippen LogP contribution in [0.2, 0.25) is 0 Å². The lowest BCUT2D eigenvalue weighted by atomic mass is 10.2. The summed E-state index contributed by atoms with van der Waals surface area (Å²) in [5.74, 6) is 5.22. The van der Waals surface area contributed by atoms with Gasteiger partial charge in [0.05, 0.1) is 6.42 Å². The van der Waals surface area contributed by atoms with E-state index in [9.17, 15) is 4.79 Å². The average molecular weight is 139 g/mol. The lowest BCUT2D eigenvalue weighted by Gasteiger charge is -1.83. The average Bonchev–Trinajstić information content (AvgIpc) is 1.87. The minimum atomic E-state index is -0.344. The molecular weight excluding hydrogens is 126 g/mol. The lowest BCUT2D eigenvalue weighted by Crippen LogP contribution is -2.08. The van der Waals surface area contributed by atoms with E-state index in [4.69, 9.17) is 5.73 Å². The molecule has 2 N–H and O–H groups in total. The Bertz CT molecular complexity index is 152. The standard InChI is InChI=1S/C8H13NO/c1-2-3-4-5-6-7-8(9)10/h2-4,7H2,1H3,(H2,9,10). The van der Waals surface area contributed by atoms with Crippen molar-refractivity contribution in [3.63, 3.8) is 0 Å². The minimum Gasteiger partial charge on any atom is -0.369 e. The van der Waals surface area contributed by atoms with Crippen molar-refractivity contribution >= 4 is 5.91 Å². The first kappa shape index (κ1) is 9.03. The van der Waals surface area contributed by atoms with E-state index in [2.05, 4.69) is 18.8 Å². The first-order valence-electron chi connectivity index (χ1n) is 3.51. The summed E-state index contributed by atoms with van der Waals surface area (Å²) in [6.45, 7) is 2.11. The molecule has 0 bridgehead atoms. The maximum atomic E-state index is 10.2. The number of nitrogens with two attached hydrogens (primary N) is 1. The molecule has 0 saturated heterocycles. The van der Waals surface area contributed by atoms with Gasteiger partial charge in [0.15, 0.2) is 0 Å². The van der Waals surface area contributed by atoms with Crippen LogP contribution in [-0.2, 0) is 4.79 Å². The molecule has 0 unspecified atom stereocenters. The summed E-state index contributed by atoms with van der Waals surface area (Å²) in [4.78, 5) is 10.2. The van der Waals surface area contributed by atoms with Gasteiger partial charge in [-0.1, -0.05) is 19.3 Å². The highest BCUT2D eigenvalue weighted by molar-refractivity contribution is 5.76. The van der Waals surface area contributed by atoms with Crippen molar-refractivity contribution in [2.75, 3.05) is 0 Å². The molecule has 0 aliphatic rings. The van der Waals surface area contributed by atoms with E-state index in [0.29, 0.717) is 0 Å². The van der Waals surface area contributed by atoms with E-state index < -0.39 is 0 Å². The highest BCUT2D eigenvalue weighted by Crippen LogP contribution is 1.90. The molecule has 0 atom stereocenters. The van der Waals surface area contributed by atoms with Crippen LogP contribution in [-0.4, -0.2) is 5.91 Å². The van der Waals surface area contributed by atoms with Crippen LogP contribution in [0.4, 0.5) is 0 Å². The topological polar surface area (TPSA) is 43.1 Å². The van der Waals surface area contributed by atoms with Gasteiger partial charge < -0.3 is 5.73 Å². The van der Waals surface area contributed by atoms with Gasteiger partial charge in [-0.05, 0) is 6.42 Å². The lowest BCUT2D eigenvalue weighted by molar-refractivity contribution is -0.117. The van der Waals surface area contributed by atoms with Gasteiger partial charge in [-0.2, -0.15) is 0 Å². The third-order valence-electron chi connectivity index (χ3n) is 1.04. The Balaban J connectivity index is 3.23. The Kier molecular flexibility index (Phi) is 5.56. The fraction of sp³-hybridized carbons (Fsp3) is 0.625. The SMILES string of the molecule is CCCCC#CCC(N)=O. The van der Waals surface area contributed by atoms with Crippen LogP contribution in [0.1, 0.15) is 32.6 Å². The number of unbranched alkanes of at least 4 members (excludes halogenated alkanes) is 2. The highest BCUT2D eigenvalue weighted by atomic mass is 16.1. The Labute approximate surface area is 61.8 Å². The van der Waals surface area contributed by atoms with Crippen molar-refractivity contribution in [1.29, 1.82) is 0 Å². The molecule has 0 aliphatic heterocycles. The second-order valence-corrected chi connectivity index (χ2v) is 2.10. The predicted octanol–water partition coefficient (Wildman–Crippen LogP) is 1.06. The normalized spacial score (nSPS) is 8.10. The zero-order chi connectivity index (χ0) is 7.82. The van der Waals surface area contributed by atoms with Crippen molar-refractivity contribution in [3.05, 3.63) is 0 Å². The number of rotatable bonds is 3. The zero-order valence-electron chi connectivity index (χ0n) is 6.31. The molecule has 0 aromatic heterocycles. The van der Waals surface area contributed by atoms with Crippen molar-refractivity contribution in [2.45, 2.75) is 32.6 Å². The molecule has 2 nitrogen and oxygen atoms in total. The van der Waals surface area contributed by atoms with Crippen molar-refractivity contribution in [1.82, 2.24) is 0 Å². The molecule has 2 heteroatoms. The number of carbonyl (C=O) groups is 1. The van der Waals surface area contributed by atoms with Crippen LogP contribution < -0.4 is 5.73 Å². The Morgan fingerprint density at radius 3 is 2.70 bits per heavy atom. The molecule has 1 amide bonds. The van der Waals surface area contributed by atoms with Crippen molar-refractivity contribution in [3.8, 4) is 11.8 Å². The largest absolute Gasteiger partial charge is 0.369 e. The van der Waals surface area contributed by atoms with E-state index in [0.717, 1.165) is 19.3 Å². The van der Waals surface area contributed by atoms with E-state index in [1.165, 1.54) is 0 Å². The first-order chi connectivity index (χ1) is 4.77. The zero-order valence-corrected chi connectivity index (χ0v) is 6.31. The van der Waals surface area contributed by atoms with Crippen LogP contribution in [0.3, 0.4) is 0 Å². The minimum absolute atomic E-state index is 0.198. The van der Waals surface area contributed by atoms with Crippen molar-refractivity contribution in [2.24, 2.45) is 5.73 Å². The molecule has 0 fully saturated rings. The van der Waals surface area contributed by atoms with Gasteiger partial charge in [-0.15, -0.1) is 5.92 Å². The maximum Gasteiger partial charge on any atom is 0.229 e. The van der Waals surface area contributed by atoms with Gasteiger partial charge in [0.25, 0.3) is 0 Å². The van der Waals surface area contributed by atoms with E-state index in [1.807, 2.05) is 0 Å². The number of hydrogen-bond acceptors (Lipinski definition) is 1. The Morgan fingerprint density at radius 1 is 1.50 bits per heavy atom. The quantitative estimate of drug-likeness (QED) is 0.461. The molecule has 10 heavy (non-hydrogen) atoms. The molecule has 0 aromatic carbocycles. The molecule has 0 radical (unpaired) electrons. The summed E-state index contributed by atoms with van der Waals surface area (Å²) in [5, 5.41) is 0. The number of hydrogen-bond donors (Lipinski definition) is 1. The highest BCUT2D eigenvalue weighted by Gasteiger charge is 1.84. The molecule has 0 rings (SSSR count). The molecule has 0 heterocycles. The summed E-state index contributed by atoms with van der Waals surface area (Å²) in [5.41, 5.74) is 4.87. The maximum absolute atomic E-state index is 10.2. The summed E-state index contributed by atoms with van der Waals surface area (Å²) >= 11 is 0. The second-order valence-electron chi connectivity index (χ2n) is 2.10. The second kappa shape index (κ2) is 6.15. The molecule has 0 aromatic rings. The predicted molar refractivity (Wildman–Crippen MR) is 41.1 cm³/mol. The van der Waals surface area contributed by atoms with Gasteiger partial charge in [-0.25, -0.2) is 0 Å². The first-order valence-corrected chi connectivity index (χ1v) is 3.51. The number of amides is 1. The van der Waals surface area contributed by atoms with Crippen LogP contribution in [0, 0.1) is 11.8 Å². The summed E-state index contributed by atoms with van der Waals surface area (Å²) < 4.78 is 0. The summed E-state index contributed by atoms with van der Waals surface area (Å²) in [7, 11) is 0. The van der Waals surface area contributed by atoms with Gasteiger partial charge in [-0.3, -0.25) is 4.79 Å². The number of primary amides is 1. The van der Waals surface area contributed by atoms with Gasteiger partial charge in [0, 0.05) is 6.42 Å². The van der Waals surface area contributed by atoms with E-state index in [1.54, 1.807) is 0 Å². The molecule has 56 valence electrons. The fourth-order valence-corrected chi connectivity index (χ4v) is 0.503. The van der Waals surface area contributed by atoms with Crippen LogP contribution >= 0.6 is 0 Å². The Hall–Kier alpha value is -0.970. The monoisotopic (exact) mass is 139 g/mol. The third kappa shape index (κ3) is 7.03. The van der Waals surface area contributed by atoms with Crippen molar-refractivity contribution < 1.29 is 4.79 Å². The summed E-state index contributed by atoms with van der Waals surface area (Å²) in [6.07, 6.45) is 3.32. The molecule has 0 saturated carbocycles. The smallest absolute Gasteiger partial charge is 0.229 e. The van der Waals surface area contributed by atoms with Gasteiger partial charge >= 0.3 is 0 Å². The number of carbonyl (C=O) groups excluding carboxylic acids is 1. The Morgan fingerprint density at radius 2 is 2.20 bits per heavy atom. The fourth-order valence-electron chi connectivity index (χ4n) is 0.503. The van der Waals surface area contributed by atoms with E-state index in [-0.39, 0.29) is 12.3 Å². The molecular formula is C8H13NO. The molecule has 0 aliphatic carbocycles.